The molecule has 2 heterocycles. The third kappa shape index (κ3) is 5.61. The number of carbonyl (C=O) groups excluding carboxylic acids is 1. The zero-order valence-electron chi connectivity index (χ0n) is 16.9. The number of hydrogen-bond acceptors (Lipinski definition) is 4. The van der Waals surface area contributed by atoms with E-state index in [1.165, 1.54) is 12.1 Å². The minimum absolute atomic E-state index is 0.0256. The van der Waals surface area contributed by atoms with Crippen molar-refractivity contribution in [3.63, 3.8) is 0 Å². The van der Waals surface area contributed by atoms with Gasteiger partial charge in [-0.3, -0.25) is 4.90 Å². The number of rotatable bonds is 4. The molecule has 31 heavy (non-hydrogen) atoms. The van der Waals surface area contributed by atoms with Gasteiger partial charge in [-0.05, 0) is 48.7 Å². The van der Waals surface area contributed by atoms with E-state index in [2.05, 4.69) is 15.5 Å². The SMILES string of the molecule is O=C(Nc1cccc(C(F)(F)F)c1)NC1CCN(Cc2ccc3c(c2)OCCO3)CC1. The Morgan fingerprint density at radius 1 is 1.03 bits per heavy atom. The minimum Gasteiger partial charge on any atom is -0.486 e. The number of urea groups is 1. The number of ether oxygens (including phenoxy) is 2. The minimum atomic E-state index is -4.45. The van der Waals surface area contributed by atoms with E-state index in [4.69, 9.17) is 9.47 Å². The van der Waals surface area contributed by atoms with Gasteiger partial charge in [-0.2, -0.15) is 13.2 Å². The van der Waals surface area contributed by atoms with Gasteiger partial charge >= 0.3 is 12.2 Å². The molecule has 0 aliphatic carbocycles. The van der Waals surface area contributed by atoms with Crippen molar-refractivity contribution in [1.29, 1.82) is 0 Å². The number of amides is 2. The second kappa shape index (κ2) is 9.05. The van der Waals surface area contributed by atoms with Crippen LogP contribution in [0.25, 0.3) is 0 Å². The fourth-order valence-corrected chi connectivity index (χ4v) is 3.81. The summed E-state index contributed by atoms with van der Waals surface area (Å²) in [6, 6.07) is 10.0. The largest absolute Gasteiger partial charge is 0.486 e. The fraction of sp³-hybridized carbons (Fsp3) is 0.409. The third-order valence-corrected chi connectivity index (χ3v) is 5.38. The first-order valence-electron chi connectivity index (χ1n) is 10.2. The summed E-state index contributed by atoms with van der Waals surface area (Å²) in [5, 5.41) is 5.35. The summed E-state index contributed by atoms with van der Waals surface area (Å²) in [5.74, 6) is 1.54. The van der Waals surface area contributed by atoms with E-state index in [-0.39, 0.29) is 11.7 Å². The van der Waals surface area contributed by atoms with Crippen LogP contribution in [0.15, 0.2) is 42.5 Å². The summed E-state index contributed by atoms with van der Waals surface area (Å²) < 4.78 is 49.6. The summed E-state index contributed by atoms with van der Waals surface area (Å²) in [6.45, 7) is 3.51. The van der Waals surface area contributed by atoms with Gasteiger partial charge in [0.25, 0.3) is 0 Å². The molecule has 9 heteroatoms. The molecule has 4 rings (SSSR count). The van der Waals surface area contributed by atoms with E-state index in [1.807, 2.05) is 18.2 Å². The lowest BCUT2D eigenvalue weighted by molar-refractivity contribution is -0.137. The topological polar surface area (TPSA) is 62.8 Å². The average Bonchev–Trinajstić information content (AvgIpc) is 2.74. The van der Waals surface area contributed by atoms with Crippen LogP contribution in [-0.2, 0) is 12.7 Å². The molecule has 2 amide bonds. The van der Waals surface area contributed by atoms with Gasteiger partial charge < -0.3 is 20.1 Å². The van der Waals surface area contributed by atoms with Crippen LogP contribution in [-0.4, -0.2) is 43.3 Å². The Labute approximate surface area is 178 Å². The lowest BCUT2D eigenvalue weighted by Gasteiger charge is -2.32. The van der Waals surface area contributed by atoms with Crippen molar-refractivity contribution in [3.05, 3.63) is 53.6 Å². The monoisotopic (exact) mass is 435 g/mol. The van der Waals surface area contributed by atoms with E-state index < -0.39 is 17.8 Å². The molecule has 1 saturated heterocycles. The molecule has 2 aromatic rings. The molecule has 0 radical (unpaired) electrons. The molecule has 0 spiro atoms. The van der Waals surface area contributed by atoms with Crippen LogP contribution in [0.5, 0.6) is 11.5 Å². The van der Waals surface area contributed by atoms with Gasteiger partial charge in [0, 0.05) is 31.4 Å². The van der Waals surface area contributed by atoms with E-state index in [0.717, 1.165) is 61.7 Å². The number of benzene rings is 2. The molecule has 2 N–H and O–H groups in total. The second-order valence-electron chi connectivity index (χ2n) is 7.71. The molecule has 2 aromatic carbocycles. The number of nitrogens with zero attached hydrogens (tertiary/aromatic N) is 1. The molecule has 0 aromatic heterocycles. The number of fused-ring (bicyclic) bond motifs is 1. The van der Waals surface area contributed by atoms with Crippen molar-refractivity contribution >= 4 is 11.7 Å². The van der Waals surface area contributed by atoms with Crippen LogP contribution >= 0.6 is 0 Å². The first-order valence-corrected chi connectivity index (χ1v) is 10.2. The van der Waals surface area contributed by atoms with Gasteiger partial charge in [-0.15, -0.1) is 0 Å². The van der Waals surface area contributed by atoms with E-state index in [1.54, 1.807) is 0 Å². The molecule has 0 bridgehead atoms. The molecular weight excluding hydrogens is 411 g/mol. The normalized spacial score (nSPS) is 17.3. The first kappa shape index (κ1) is 21.3. The van der Waals surface area contributed by atoms with Crippen LogP contribution in [0, 0.1) is 0 Å². The number of halogens is 3. The van der Waals surface area contributed by atoms with E-state index >= 15 is 0 Å². The number of piperidine rings is 1. The van der Waals surface area contributed by atoms with Crippen LogP contribution in [0.3, 0.4) is 0 Å². The number of anilines is 1. The van der Waals surface area contributed by atoms with Gasteiger partial charge in [-0.1, -0.05) is 12.1 Å². The summed E-state index contributed by atoms with van der Waals surface area (Å²) in [4.78, 5) is 14.5. The van der Waals surface area contributed by atoms with Gasteiger partial charge in [0.05, 0.1) is 5.56 Å². The van der Waals surface area contributed by atoms with Crippen LogP contribution in [0.4, 0.5) is 23.7 Å². The molecule has 2 aliphatic rings. The highest BCUT2D eigenvalue weighted by molar-refractivity contribution is 5.89. The Kier molecular flexibility index (Phi) is 6.22. The number of likely N-dealkylation sites (tertiary alicyclic amines) is 1. The van der Waals surface area contributed by atoms with Crippen molar-refractivity contribution in [2.24, 2.45) is 0 Å². The Hall–Kier alpha value is -2.94. The quantitative estimate of drug-likeness (QED) is 0.753. The fourth-order valence-electron chi connectivity index (χ4n) is 3.81. The number of hydrogen-bond donors (Lipinski definition) is 2. The van der Waals surface area contributed by atoms with Crippen molar-refractivity contribution < 1.29 is 27.4 Å². The summed E-state index contributed by atoms with van der Waals surface area (Å²) >= 11 is 0. The van der Waals surface area contributed by atoms with Gasteiger partial charge in [0.1, 0.15) is 13.2 Å². The Morgan fingerprint density at radius 2 is 1.77 bits per heavy atom. The van der Waals surface area contributed by atoms with Gasteiger partial charge in [0.2, 0.25) is 0 Å². The van der Waals surface area contributed by atoms with Crippen molar-refractivity contribution in [2.45, 2.75) is 31.6 Å². The average molecular weight is 435 g/mol. The molecule has 0 atom stereocenters. The maximum atomic E-state index is 12.8. The Balaban J connectivity index is 1.24. The molecular formula is C22H24F3N3O3. The highest BCUT2D eigenvalue weighted by Gasteiger charge is 2.30. The molecule has 1 fully saturated rings. The zero-order chi connectivity index (χ0) is 21.8. The lowest BCUT2D eigenvalue weighted by atomic mass is 10.0. The summed E-state index contributed by atoms with van der Waals surface area (Å²) in [5.41, 5.74) is 0.457. The number of nitrogens with one attached hydrogen (secondary N) is 2. The highest BCUT2D eigenvalue weighted by atomic mass is 19.4. The predicted octanol–water partition coefficient (Wildman–Crippen LogP) is 4.26. The number of carbonyl (C=O) groups is 1. The lowest BCUT2D eigenvalue weighted by Crippen LogP contribution is -2.45. The molecule has 0 saturated carbocycles. The van der Waals surface area contributed by atoms with Crippen LogP contribution in [0.2, 0.25) is 0 Å². The summed E-state index contributed by atoms with van der Waals surface area (Å²) in [7, 11) is 0. The maximum absolute atomic E-state index is 12.8. The smallest absolute Gasteiger partial charge is 0.416 e. The molecule has 6 nitrogen and oxygen atoms in total. The second-order valence-corrected chi connectivity index (χ2v) is 7.71. The van der Waals surface area contributed by atoms with E-state index in [9.17, 15) is 18.0 Å². The van der Waals surface area contributed by atoms with Crippen molar-refractivity contribution in [3.8, 4) is 11.5 Å². The highest BCUT2D eigenvalue weighted by Crippen LogP contribution is 2.32. The Morgan fingerprint density at radius 3 is 2.52 bits per heavy atom. The van der Waals surface area contributed by atoms with Crippen LogP contribution in [0.1, 0.15) is 24.0 Å². The zero-order valence-corrected chi connectivity index (χ0v) is 16.9. The molecule has 166 valence electrons. The maximum Gasteiger partial charge on any atom is 0.416 e. The standard InChI is InChI=1S/C22H24F3N3O3/c23-22(24,25)16-2-1-3-18(13-16)27-21(29)26-17-6-8-28(9-7-17)14-15-4-5-19-20(12-15)31-11-10-30-19/h1-5,12-13,17H,6-11,14H2,(H2,26,27,29). The summed E-state index contributed by atoms with van der Waals surface area (Å²) in [6.07, 6.45) is -2.92. The van der Waals surface area contributed by atoms with E-state index in [0.29, 0.717) is 13.2 Å². The van der Waals surface area contributed by atoms with Gasteiger partial charge in [-0.25, -0.2) is 4.79 Å². The molecule has 2 aliphatic heterocycles. The Bertz CT molecular complexity index is 928. The first-order chi connectivity index (χ1) is 14.9. The van der Waals surface area contributed by atoms with Crippen LogP contribution < -0.4 is 20.1 Å². The van der Waals surface area contributed by atoms with Gasteiger partial charge in [0.15, 0.2) is 11.5 Å². The predicted molar refractivity (Wildman–Crippen MR) is 109 cm³/mol. The third-order valence-electron chi connectivity index (χ3n) is 5.38. The molecule has 0 unspecified atom stereocenters. The number of alkyl halides is 3. The van der Waals surface area contributed by atoms with Crippen molar-refractivity contribution in [2.75, 3.05) is 31.6 Å². The van der Waals surface area contributed by atoms with Crippen molar-refractivity contribution in [1.82, 2.24) is 10.2 Å².